The van der Waals surface area contributed by atoms with Crippen LogP contribution in [0.25, 0.3) is 66.3 Å². The molecule has 2 aromatic heterocycles. The number of anilines is 3. The highest BCUT2D eigenvalue weighted by molar-refractivity contribution is 6.09. The van der Waals surface area contributed by atoms with E-state index >= 15 is 0 Å². The molecule has 0 unspecified atom stereocenters. The number of rotatable bonds is 5. The maximum absolute atomic E-state index is 2.44. The van der Waals surface area contributed by atoms with Gasteiger partial charge in [0, 0.05) is 38.8 Å². The van der Waals surface area contributed by atoms with Crippen LogP contribution in [0.1, 0.15) is 25.0 Å². The SMILES string of the molecule is CC1(C)c2ccccc2-c2ccc(N(c3ccc(-c4c5ccccc5n5c6ccccc6n(-c6ccccc6)c45)cc3)c3cccc4ccccc34)cc21. The minimum Gasteiger partial charge on any atom is -0.310 e. The zero-order valence-corrected chi connectivity index (χ0v) is 30.2. The van der Waals surface area contributed by atoms with Gasteiger partial charge in [0.2, 0.25) is 0 Å². The van der Waals surface area contributed by atoms with Crippen molar-refractivity contribution in [2.75, 3.05) is 4.90 Å². The number of para-hydroxylation sites is 4. The predicted molar refractivity (Wildman–Crippen MR) is 227 cm³/mol. The molecule has 3 nitrogen and oxygen atoms in total. The summed E-state index contributed by atoms with van der Waals surface area (Å²) in [5.41, 5.74) is 17.0. The third-order valence-electron chi connectivity index (χ3n) is 11.7. The van der Waals surface area contributed by atoms with Crippen LogP contribution in [0.3, 0.4) is 0 Å². The summed E-state index contributed by atoms with van der Waals surface area (Å²) < 4.78 is 4.86. The lowest BCUT2D eigenvalue weighted by molar-refractivity contribution is 0.660. The van der Waals surface area contributed by atoms with E-state index in [2.05, 4.69) is 216 Å². The Kier molecular flexibility index (Phi) is 6.60. The molecule has 0 saturated heterocycles. The first-order valence-corrected chi connectivity index (χ1v) is 18.8. The molecule has 2 heterocycles. The number of fused-ring (bicyclic) bond motifs is 9. The van der Waals surface area contributed by atoms with Crippen LogP contribution in [0.4, 0.5) is 17.1 Å². The van der Waals surface area contributed by atoms with Crippen LogP contribution in [-0.4, -0.2) is 8.97 Å². The molecule has 0 radical (unpaired) electrons. The van der Waals surface area contributed by atoms with Crippen molar-refractivity contribution < 1.29 is 0 Å². The van der Waals surface area contributed by atoms with Gasteiger partial charge in [-0.3, -0.25) is 8.97 Å². The number of hydrogen-bond acceptors (Lipinski definition) is 1. The average Bonchev–Trinajstić information content (AvgIpc) is 3.82. The Morgan fingerprint density at radius 1 is 0.463 bits per heavy atom. The molecule has 54 heavy (non-hydrogen) atoms. The molecule has 256 valence electrons. The lowest BCUT2D eigenvalue weighted by atomic mass is 9.82. The molecular formula is C51H37N3. The minimum atomic E-state index is -0.102. The van der Waals surface area contributed by atoms with Crippen molar-refractivity contribution in [2.45, 2.75) is 19.3 Å². The standard InChI is InChI=1S/C51H37N3/c1-51(2)43-22-10-8-20-40(43)41-32-31-38(33-44(41)51)52(45-26-14-16-34-15-6-7-19-39(34)45)37-29-27-35(28-30-37)49-42-21-9-11-23-46(42)54-48-25-13-12-24-47(48)53(50(49)54)36-17-4-3-5-18-36/h3-33H,1-2H3. The molecule has 0 saturated carbocycles. The van der Waals surface area contributed by atoms with Crippen LogP contribution >= 0.6 is 0 Å². The molecule has 1 aliphatic carbocycles. The summed E-state index contributed by atoms with van der Waals surface area (Å²) in [4.78, 5) is 2.44. The third kappa shape index (κ3) is 4.36. The first-order valence-electron chi connectivity index (χ1n) is 18.8. The summed E-state index contributed by atoms with van der Waals surface area (Å²) in [5, 5.41) is 3.68. The van der Waals surface area contributed by atoms with E-state index in [0.717, 1.165) is 22.7 Å². The molecule has 1 aliphatic rings. The fraction of sp³-hybridized carbons (Fsp3) is 0.0588. The fourth-order valence-corrected chi connectivity index (χ4v) is 9.20. The highest BCUT2D eigenvalue weighted by atomic mass is 15.1. The Hall–Kier alpha value is -6.84. The average molecular weight is 692 g/mol. The highest BCUT2D eigenvalue weighted by Gasteiger charge is 2.36. The molecule has 0 aliphatic heterocycles. The number of nitrogens with zero attached hydrogens (tertiary/aromatic N) is 3. The summed E-state index contributed by atoms with van der Waals surface area (Å²) in [5.74, 6) is 0. The van der Waals surface area contributed by atoms with E-state index in [0.29, 0.717) is 0 Å². The van der Waals surface area contributed by atoms with Gasteiger partial charge < -0.3 is 4.90 Å². The molecule has 0 N–H and O–H groups in total. The van der Waals surface area contributed by atoms with Crippen LogP contribution in [0.2, 0.25) is 0 Å². The van der Waals surface area contributed by atoms with Crippen molar-refractivity contribution in [1.82, 2.24) is 8.97 Å². The number of imidazole rings is 1. The molecule has 11 rings (SSSR count). The van der Waals surface area contributed by atoms with Gasteiger partial charge in [-0.05, 0) is 93.9 Å². The fourth-order valence-electron chi connectivity index (χ4n) is 9.20. The molecule has 10 aromatic rings. The van der Waals surface area contributed by atoms with Gasteiger partial charge >= 0.3 is 0 Å². The summed E-state index contributed by atoms with van der Waals surface area (Å²) >= 11 is 0. The van der Waals surface area contributed by atoms with E-state index < -0.39 is 0 Å². The lowest BCUT2D eigenvalue weighted by Gasteiger charge is -2.29. The normalized spacial score (nSPS) is 13.1. The number of aromatic nitrogens is 2. The topological polar surface area (TPSA) is 12.6 Å². The summed E-state index contributed by atoms with van der Waals surface area (Å²) in [6.07, 6.45) is 0. The monoisotopic (exact) mass is 691 g/mol. The second kappa shape index (κ2) is 11.6. The first-order chi connectivity index (χ1) is 26.6. The molecule has 0 amide bonds. The smallest absolute Gasteiger partial charge is 0.131 e. The van der Waals surface area contributed by atoms with Gasteiger partial charge in [-0.1, -0.05) is 141 Å². The second-order valence-corrected chi connectivity index (χ2v) is 15.0. The Balaban J connectivity index is 1.13. The summed E-state index contributed by atoms with van der Waals surface area (Å²) in [6.45, 7) is 4.71. The molecule has 8 aromatic carbocycles. The largest absolute Gasteiger partial charge is 0.310 e. The Morgan fingerprint density at radius 2 is 1.09 bits per heavy atom. The lowest BCUT2D eigenvalue weighted by Crippen LogP contribution is -2.16. The Bertz CT molecular complexity index is 3070. The van der Waals surface area contributed by atoms with E-state index in [1.165, 1.54) is 71.7 Å². The van der Waals surface area contributed by atoms with Crippen molar-refractivity contribution >= 4 is 55.4 Å². The number of hydrogen-bond donors (Lipinski definition) is 0. The van der Waals surface area contributed by atoms with E-state index in [1.807, 2.05) is 0 Å². The highest BCUT2D eigenvalue weighted by Crippen LogP contribution is 2.51. The van der Waals surface area contributed by atoms with Crippen LogP contribution in [0.15, 0.2) is 188 Å². The van der Waals surface area contributed by atoms with Crippen molar-refractivity contribution in [1.29, 1.82) is 0 Å². The van der Waals surface area contributed by atoms with E-state index in [1.54, 1.807) is 0 Å². The minimum absolute atomic E-state index is 0.102. The summed E-state index contributed by atoms with van der Waals surface area (Å²) in [6, 6.07) is 68.8. The second-order valence-electron chi connectivity index (χ2n) is 15.0. The zero-order valence-electron chi connectivity index (χ0n) is 30.2. The van der Waals surface area contributed by atoms with Crippen LogP contribution in [0, 0.1) is 0 Å². The predicted octanol–water partition coefficient (Wildman–Crippen LogP) is 13.6. The van der Waals surface area contributed by atoms with E-state index in [4.69, 9.17) is 0 Å². The van der Waals surface area contributed by atoms with Crippen molar-refractivity contribution in [3.8, 4) is 27.9 Å². The van der Waals surface area contributed by atoms with Crippen molar-refractivity contribution in [2.24, 2.45) is 0 Å². The van der Waals surface area contributed by atoms with Gasteiger partial charge in [-0.15, -0.1) is 0 Å². The van der Waals surface area contributed by atoms with E-state index in [9.17, 15) is 0 Å². The quantitative estimate of drug-likeness (QED) is 0.175. The van der Waals surface area contributed by atoms with Crippen LogP contribution < -0.4 is 4.90 Å². The Labute approximate surface area is 314 Å². The molecule has 3 heteroatoms. The number of benzene rings is 8. The molecule has 0 fully saturated rings. The molecule has 0 bridgehead atoms. The van der Waals surface area contributed by atoms with Gasteiger partial charge in [-0.25, -0.2) is 0 Å². The van der Waals surface area contributed by atoms with Gasteiger partial charge in [-0.2, -0.15) is 0 Å². The van der Waals surface area contributed by atoms with Gasteiger partial charge in [0.1, 0.15) is 5.65 Å². The van der Waals surface area contributed by atoms with Gasteiger partial charge in [0.15, 0.2) is 0 Å². The van der Waals surface area contributed by atoms with Crippen LogP contribution in [0.5, 0.6) is 0 Å². The molecule has 0 spiro atoms. The van der Waals surface area contributed by atoms with Crippen LogP contribution in [-0.2, 0) is 5.41 Å². The third-order valence-corrected chi connectivity index (χ3v) is 11.7. The Morgan fingerprint density at radius 3 is 1.93 bits per heavy atom. The summed E-state index contributed by atoms with van der Waals surface area (Å²) in [7, 11) is 0. The van der Waals surface area contributed by atoms with Crippen molar-refractivity contribution in [3.05, 3.63) is 199 Å². The van der Waals surface area contributed by atoms with Crippen molar-refractivity contribution in [3.63, 3.8) is 0 Å². The first kappa shape index (κ1) is 30.8. The van der Waals surface area contributed by atoms with E-state index in [-0.39, 0.29) is 5.41 Å². The van der Waals surface area contributed by atoms with Gasteiger partial charge in [0.25, 0.3) is 0 Å². The molecular weight excluding hydrogens is 655 g/mol. The zero-order chi connectivity index (χ0) is 36.0. The molecule has 0 atom stereocenters. The van der Waals surface area contributed by atoms with Gasteiger partial charge in [0.05, 0.1) is 22.2 Å². The maximum Gasteiger partial charge on any atom is 0.131 e. The maximum atomic E-state index is 2.44.